The molecule has 1 saturated heterocycles. The van der Waals surface area contributed by atoms with Gasteiger partial charge in [-0.1, -0.05) is 112 Å². The van der Waals surface area contributed by atoms with Crippen LogP contribution in [0, 0.1) is 0 Å². The number of carbonyl (C=O) groups is 3. The maximum absolute atomic E-state index is 14.0. The number of fused-ring (bicyclic) bond motifs is 1. The molecule has 2 unspecified atom stereocenters. The molecule has 2 N–H and O–H groups in total. The number of hydrogen-bond donors (Lipinski definition) is 2. The Labute approximate surface area is 307 Å². The standard InChI is InChI=1S/C37H36BrN5O5S2/c1-36(2,3)48-31(45)22-47-42-32(33(46)40-34-24(20-38)21-43-29(44)19-30(43)50-34)28-23-49-35(39-28)41-37(25-13-7-4-8-14-25,26-15-9-5-10-16-26)27-17-11-6-12-18-27/h4-18,21,23,30,34H,19-20,22H2,1-3H3,(H,39,41)(H,40,46)/b42-32-. The molecule has 2 atom stereocenters. The van der Waals surface area contributed by atoms with Crippen LogP contribution in [0.1, 0.15) is 49.6 Å². The van der Waals surface area contributed by atoms with Gasteiger partial charge < -0.3 is 25.1 Å². The summed E-state index contributed by atoms with van der Waals surface area (Å²) >= 11 is 6.28. The zero-order chi connectivity index (χ0) is 35.3. The topological polar surface area (TPSA) is 122 Å². The second-order valence-corrected chi connectivity index (χ2v) is 15.3. The number of rotatable bonds is 12. The van der Waals surface area contributed by atoms with Crippen LogP contribution in [0.3, 0.4) is 0 Å². The lowest BCUT2D eigenvalue weighted by atomic mass is 9.77. The third-order valence-corrected chi connectivity index (χ3v) is 10.7. The van der Waals surface area contributed by atoms with Crippen molar-refractivity contribution in [3.63, 3.8) is 0 Å². The van der Waals surface area contributed by atoms with Gasteiger partial charge in [-0.05, 0) is 43.0 Å². The second kappa shape index (κ2) is 15.2. The van der Waals surface area contributed by atoms with Crippen molar-refractivity contribution in [1.29, 1.82) is 0 Å². The Morgan fingerprint density at radius 3 is 2.06 bits per heavy atom. The minimum atomic E-state index is -0.841. The van der Waals surface area contributed by atoms with E-state index in [4.69, 9.17) is 14.6 Å². The van der Waals surface area contributed by atoms with E-state index in [0.717, 1.165) is 22.3 Å². The highest BCUT2D eigenvalue weighted by molar-refractivity contribution is 9.09. The quantitative estimate of drug-likeness (QED) is 0.0411. The minimum Gasteiger partial charge on any atom is -0.457 e. The van der Waals surface area contributed by atoms with Crippen molar-refractivity contribution in [3.8, 4) is 0 Å². The van der Waals surface area contributed by atoms with Gasteiger partial charge in [-0.3, -0.25) is 9.59 Å². The van der Waals surface area contributed by atoms with Crippen molar-refractivity contribution in [2.75, 3.05) is 17.3 Å². The molecular formula is C37H36BrN5O5S2. The summed E-state index contributed by atoms with van der Waals surface area (Å²) in [5.41, 5.74) is 2.40. The maximum Gasteiger partial charge on any atom is 0.347 e. The fourth-order valence-corrected chi connectivity index (χ4v) is 8.48. The van der Waals surface area contributed by atoms with Gasteiger partial charge in [0, 0.05) is 16.9 Å². The van der Waals surface area contributed by atoms with E-state index in [-0.39, 0.29) is 22.7 Å². The number of amides is 2. The number of alkyl halides is 1. The Kier molecular flexibility index (Phi) is 10.7. The first kappa shape index (κ1) is 35.4. The molecule has 1 aromatic heterocycles. The van der Waals surface area contributed by atoms with Crippen LogP contribution < -0.4 is 10.6 Å². The number of hydrogen-bond acceptors (Lipinski definition) is 10. The van der Waals surface area contributed by atoms with Crippen LogP contribution in [0.5, 0.6) is 0 Å². The molecule has 4 aromatic rings. The van der Waals surface area contributed by atoms with Crippen molar-refractivity contribution in [2.45, 2.75) is 49.1 Å². The first-order valence-corrected chi connectivity index (χ1v) is 18.9. The number of ether oxygens (including phenoxy) is 1. The van der Waals surface area contributed by atoms with Crippen molar-refractivity contribution < 1.29 is 24.0 Å². The van der Waals surface area contributed by atoms with Crippen molar-refractivity contribution in [3.05, 3.63) is 131 Å². The van der Waals surface area contributed by atoms with E-state index in [9.17, 15) is 14.4 Å². The van der Waals surface area contributed by atoms with E-state index >= 15 is 0 Å². The van der Waals surface area contributed by atoms with Crippen LogP contribution in [0.25, 0.3) is 0 Å². The summed E-state index contributed by atoms with van der Waals surface area (Å²) in [6.45, 7) is 4.77. The van der Waals surface area contributed by atoms with Gasteiger partial charge in [-0.25, -0.2) is 9.78 Å². The maximum atomic E-state index is 14.0. The van der Waals surface area contributed by atoms with Crippen LogP contribution in [0.2, 0.25) is 0 Å². The van der Waals surface area contributed by atoms with Gasteiger partial charge >= 0.3 is 5.97 Å². The van der Waals surface area contributed by atoms with Gasteiger partial charge in [0.05, 0.1) is 11.8 Å². The van der Waals surface area contributed by atoms with Gasteiger partial charge in [0.2, 0.25) is 12.5 Å². The number of nitrogens with zero attached hydrogens (tertiary/aromatic N) is 3. The first-order chi connectivity index (χ1) is 24.1. The summed E-state index contributed by atoms with van der Waals surface area (Å²) in [6.07, 6.45) is 2.18. The van der Waals surface area contributed by atoms with Gasteiger partial charge in [0.25, 0.3) is 5.91 Å². The molecule has 13 heteroatoms. The summed E-state index contributed by atoms with van der Waals surface area (Å²) < 4.78 is 5.35. The molecule has 0 spiro atoms. The minimum absolute atomic E-state index is 0.0450. The average Bonchev–Trinajstić information content (AvgIpc) is 3.57. The number of anilines is 1. The molecule has 50 heavy (non-hydrogen) atoms. The Bertz CT molecular complexity index is 1800. The predicted octanol–water partition coefficient (Wildman–Crippen LogP) is 6.64. The second-order valence-electron chi connectivity index (χ2n) is 12.6. The molecule has 258 valence electrons. The number of halogens is 1. The number of aromatic nitrogens is 1. The molecule has 2 aliphatic rings. The van der Waals surface area contributed by atoms with Gasteiger partial charge in [-0.2, -0.15) is 0 Å². The fourth-order valence-electron chi connectivity index (χ4n) is 5.69. The zero-order valence-corrected chi connectivity index (χ0v) is 30.9. The van der Waals surface area contributed by atoms with E-state index < -0.39 is 35.0 Å². The molecule has 3 heterocycles. The predicted molar refractivity (Wildman–Crippen MR) is 200 cm³/mol. The summed E-state index contributed by atoms with van der Waals surface area (Å²) in [7, 11) is 0. The number of nitrogens with one attached hydrogen (secondary N) is 2. The molecule has 3 aromatic carbocycles. The molecule has 10 nitrogen and oxygen atoms in total. The van der Waals surface area contributed by atoms with Crippen LogP contribution in [0.4, 0.5) is 5.13 Å². The van der Waals surface area contributed by atoms with E-state index in [1.165, 1.54) is 23.1 Å². The van der Waals surface area contributed by atoms with Gasteiger partial charge in [-0.15, -0.1) is 23.1 Å². The highest BCUT2D eigenvalue weighted by Gasteiger charge is 2.42. The number of carbonyl (C=O) groups excluding carboxylic acids is 3. The van der Waals surface area contributed by atoms with Gasteiger partial charge in [0.15, 0.2) is 10.8 Å². The Morgan fingerprint density at radius 2 is 1.54 bits per heavy atom. The lowest BCUT2D eigenvalue weighted by Gasteiger charge is -2.44. The smallest absolute Gasteiger partial charge is 0.347 e. The number of thiazole rings is 1. The van der Waals surface area contributed by atoms with Crippen LogP contribution >= 0.6 is 39.0 Å². The Balaban J connectivity index is 1.35. The molecule has 0 saturated carbocycles. The zero-order valence-electron chi connectivity index (χ0n) is 27.7. The number of benzene rings is 3. The molecule has 6 rings (SSSR count). The summed E-state index contributed by atoms with van der Waals surface area (Å²) in [4.78, 5) is 50.4. The molecule has 0 bridgehead atoms. The highest BCUT2D eigenvalue weighted by atomic mass is 79.9. The lowest BCUT2D eigenvalue weighted by molar-refractivity contribution is -0.160. The lowest BCUT2D eigenvalue weighted by Crippen LogP contribution is -2.53. The molecule has 2 aliphatic heterocycles. The Morgan fingerprint density at radius 1 is 0.960 bits per heavy atom. The monoisotopic (exact) mass is 773 g/mol. The SMILES string of the molecule is CC(C)(C)OC(=O)CO/N=C(\C(=O)NC1SC2CC(=O)N2C=C1CBr)c1csc(NC(c2ccccc2)(c2ccccc2)c2ccccc2)n1. The van der Waals surface area contributed by atoms with Crippen LogP contribution in [0.15, 0.2) is 113 Å². The van der Waals surface area contributed by atoms with Gasteiger partial charge in [0.1, 0.15) is 22.2 Å². The molecule has 2 amide bonds. The van der Waals surface area contributed by atoms with Crippen LogP contribution in [-0.2, 0) is 29.5 Å². The van der Waals surface area contributed by atoms with E-state index in [2.05, 4.69) is 68.1 Å². The van der Waals surface area contributed by atoms with Crippen LogP contribution in [-0.4, -0.2) is 61.7 Å². The summed E-state index contributed by atoms with van der Waals surface area (Å²) in [5, 5.41) is 13.1. The largest absolute Gasteiger partial charge is 0.457 e. The number of esters is 1. The Hall–Kier alpha value is -4.46. The van der Waals surface area contributed by atoms with Crippen molar-refractivity contribution in [2.24, 2.45) is 5.16 Å². The summed E-state index contributed by atoms with van der Waals surface area (Å²) in [6, 6.07) is 30.3. The molecular weight excluding hydrogens is 738 g/mol. The molecule has 0 radical (unpaired) electrons. The third kappa shape index (κ3) is 7.79. The van der Waals surface area contributed by atoms with E-state index in [0.29, 0.717) is 16.9 Å². The highest BCUT2D eigenvalue weighted by Crippen LogP contribution is 2.41. The number of oxime groups is 1. The molecule has 1 fully saturated rings. The fraction of sp³-hybridized carbons (Fsp3) is 0.270. The summed E-state index contributed by atoms with van der Waals surface area (Å²) in [5.74, 6) is -1.12. The average molecular weight is 775 g/mol. The number of thioether (sulfide) groups is 1. The molecule has 0 aliphatic carbocycles. The van der Waals surface area contributed by atoms with E-state index in [1.54, 1.807) is 37.3 Å². The first-order valence-electron chi connectivity index (χ1n) is 15.9. The normalized spacial score (nSPS) is 17.6. The third-order valence-electron chi connectivity index (χ3n) is 7.93. The number of β-lactam (4-membered cyclic amide) rings is 1. The van der Waals surface area contributed by atoms with E-state index in [1.807, 2.05) is 54.6 Å². The van der Waals surface area contributed by atoms with Crippen molar-refractivity contribution in [1.82, 2.24) is 15.2 Å². The van der Waals surface area contributed by atoms with Crippen molar-refractivity contribution >= 4 is 67.7 Å².